The summed E-state index contributed by atoms with van der Waals surface area (Å²) < 4.78 is 0. The van der Waals surface area contributed by atoms with Crippen LogP contribution in [0.4, 0.5) is 4.79 Å². The second kappa shape index (κ2) is 6.92. The predicted molar refractivity (Wildman–Crippen MR) is 75.5 cm³/mol. The number of likely N-dealkylation sites (tertiary alicyclic amines) is 1. The third kappa shape index (κ3) is 3.42. The molecule has 2 amide bonds. The van der Waals surface area contributed by atoms with Gasteiger partial charge in [-0.2, -0.15) is 0 Å². The number of aliphatic hydroxyl groups excluding tert-OH is 1. The lowest BCUT2D eigenvalue weighted by Gasteiger charge is -2.41. The number of aliphatic hydroxyl groups is 1. The van der Waals surface area contributed by atoms with Gasteiger partial charge in [0, 0.05) is 20.1 Å². The van der Waals surface area contributed by atoms with Crippen LogP contribution < -0.4 is 0 Å². The zero-order chi connectivity index (χ0) is 15.3. The summed E-state index contributed by atoms with van der Waals surface area (Å²) in [6, 6.07) is -0.470. The highest BCUT2D eigenvalue weighted by Gasteiger charge is 2.43. The van der Waals surface area contributed by atoms with Gasteiger partial charge in [-0.3, -0.25) is 4.79 Å². The number of urea groups is 1. The molecule has 0 aromatic heterocycles. The van der Waals surface area contributed by atoms with E-state index in [1.165, 1.54) is 4.90 Å². The Hall–Kier alpha value is -1.30. The van der Waals surface area contributed by atoms with Crippen molar-refractivity contribution in [3.63, 3.8) is 0 Å². The van der Waals surface area contributed by atoms with Gasteiger partial charge in [-0.1, -0.05) is 13.3 Å². The quantitative estimate of drug-likeness (QED) is 0.800. The monoisotopic (exact) mass is 286 g/mol. The lowest BCUT2D eigenvalue weighted by Crippen LogP contribution is -2.54. The normalized spacial score (nSPS) is 24.3. The fourth-order valence-electron chi connectivity index (χ4n) is 2.79. The molecule has 0 radical (unpaired) electrons. The first-order chi connectivity index (χ1) is 9.38. The first-order valence-corrected chi connectivity index (χ1v) is 7.24. The summed E-state index contributed by atoms with van der Waals surface area (Å²) in [5.74, 6) is -0.810. The van der Waals surface area contributed by atoms with E-state index in [0.717, 1.165) is 6.42 Å². The lowest BCUT2D eigenvalue weighted by atomic mass is 9.76. The van der Waals surface area contributed by atoms with Crippen LogP contribution in [0.5, 0.6) is 0 Å². The van der Waals surface area contributed by atoms with E-state index >= 15 is 0 Å². The van der Waals surface area contributed by atoms with Crippen LogP contribution in [-0.2, 0) is 4.79 Å². The molecule has 6 heteroatoms. The second-order valence-corrected chi connectivity index (χ2v) is 5.79. The minimum Gasteiger partial charge on any atom is -0.481 e. The first kappa shape index (κ1) is 16.8. The molecule has 1 fully saturated rings. The maximum Gasteiger partial charge on any atom is 0.320 e. The van der Waals surface area contributed by atoms with E-state index in [-0.39, 0.29) is 25.2 Å². The molecule has 0 bridgehead atoms. The average Bonchev–Trinajstić information content (AvgIpc) is 2.45. The molecule has 0 aromatic carbocycles. The van der Waals surface area contributed by atoms with Gasteiger partial charge >= 0.3 is 12.0 Å². The summed E-state index contributed by atoms with van der Waals surface area (Å²) in [5, 5.41) is 18.6. The van der Waals surface area contributed by atoms with Gasteiger partial charge in [-0.15, -0.1) is 0 Å². The van der Waals surface area contributed by atoms with Crippen molar-refractivity contribution in [2.75, 3.05) is 26.7 Å². The Morgan fingerprint density at radius 3 is 2.60 bits per heavy atom. The van der Waals surface area contributed by atoms with Crippen molar-refractivity contribution >= 4 is 12.0 Å². The predicted octanol–water partition coefficient (Wildman–Crippen LogP) is 1.39. The Labute approximate surface area is 120 Å². The van der Waals surface area contributed by atoms with Gasteiger partial charge in [0.2, 0.25) is 0 Å². The SMILES string of the molecule is CCCC1(C(=O)O)CCCN(C(=O)N(C)C(C)CO)C1. The number of hydrogen-bond acceptors (Lipinski definition) is 3. The number of piperidine rings is 1. The van der Waals surface area contributed by atoms with Gasteiger partial charge in [0.05, 0.1) is 18.1 Å². The minimum atomic E-state index is -0.814. The molecule has 116 valence electrons. The number of carboxylic acid groups (broad SMARTS) is 1. The second-order valence-electron chi connectivity index (χ2n) is 5.79. The van der Waals surface area contributed by atoms with Gasteiger partial charge in [0.15, 0.2) is 0 Å². The molecule has 0 aromatic rings. The lowest BCUT2D eigenvalue weighted by molar-refractivity contribution is -0.152. The van der Waals surface area contributed by atoms with Gasteiger partial charge < -0.3 is 20.0 Å². The largest absolute Gasteiger partial charge is 0.481 e. The fourth-order valence-corrected chi connectivity index (χ4v) is 2.79. The molecule has 1 aliphatic heterocycles. The average molecular weight is 286 g/mol. The van der Waals surface area contributed by atoms with Crippen molar-refractivity contribution in [3.05, 3.63) is 0 Å². The maximum absolute atomic E-state index is 12.4. The number of nitrogens with zero attached hydrogens (tertiary/aromatic N) is 2. The van der Waals surface area contributed by atoms with Gasteiger partial charge in [0.25, 0.3) is 0 Å². The number of rotatable bonds is 5. The molecule has 1 saturated heterocycles. The Morgan fingerprint density at radius 2 is 2.10 bits per heavy atom. The van der Waals surface area contributed by atoms with E-state index in [1.807, 2.05) is 6.92 Å². The van der Waals surface area contributed by atoms with Gasteiger partial charge in [0.1, 0.15) is 0 Å². The molecule has 2 N–H and O–H groups in total. The Kier molecular flexibility index (Phi) is 5.80. The number of carbonyl (C=O) groups is 2. The van der Waals surface area contributed by atoms with Crippen molar-refractivity contribution in [1.82, 2.24) is 9.80 Å². The van der Waals surface area contributed by atoms with Crippen LogP contribution in [0.3, 0.4) is 0 Å². The van der Waals surface area contributed by atoms with Crippen molar-refractivity contribution in [2.24, 2.45) is 5.41 Å². The van der Waals surface area contributed by atoms with Crippen LogP contribution in [0.15, 0.2) is 0 Å². The summed E-state index contributed by atoms with van der Waals surface area (Å²) in [6.07, 6.45) is 2.71. The fraction of sp³-hybridized carbons (Fsp3) is 0.857. The molecule has 1 heterocycles. The number of hydrogen-bond donors (Lipinski definition) is 2. The van der Waals surface area contributed by atoms with Gasteiger partial charge in [-0.25, -0.2) is 4.79 Å². The topological polar surface area (TPSA) is 81.1 Å². The van der Waals surface area contributed by atoms with Crippen molar-refractivity contribution in [3.8, 4) is 0 Å². The number of likely N-dealkylation sites (N-methyl/N-ethyl adjacent to an activating group) is 1. The zero-order valence-electron chi connectivity index (χ0n) is 12.6. The summed E-state index contributed by atoms with van der Waals surface area (Å²) in [6.45, 7) is 4.47. The highest BCUT2D eigenvalue weighted by molar-refractivity contribution is 5.79. The molecule has 0 spiro atoms. The zero-order valence-corrected chi connectivity index (χ0v) is 12.6. The molecule has 20 heavy (non-hydrogen) atoms. The maximum atomic E-state index is 12.4. The molecular weight excluding hydrogens is 260 g/mol. The molecular formula is C14H26N2O4. The first-order valence-electron chi connectivity index (χ1n) is 7.24. The van der Waals surface area contributed by atoms with Crippen LogP contribution in [-0.4, -0.2) is 64.8 Å². The number of aliphatic carboxylic acids is 1. The molecule has 6 nitrogen and oxygen atoms in total. The van der Waals surface area contributed by atoms with Crippen LogP contribution in [0, 0.1) is 5.41 Å². The minimum absolute atomic E-state index is 0.102. The van der Waals surface area contributed by atoms with Crippen molar-refractivity contribution < 1.29 is 19.8 Å². The molecule has 0 aliphatic carbocycles. The van der Waals surface area contributed by atoms with Crippen LogP contribution in [0.1, 0.15) is 39.5 Å². The molecule has 1 aliphatic rings. The van der Waals surface area contributed by atoms with Crippen LogP contribution in [0.25, 0.3) is 0 Å². The summed E-state index contributed by atoms with van der Waals surface area (Å²) in [7, 11) is 1.64. The standard InChI is InChI=1S/C14H26N2O4/c1-4-6-14(12(18)19)7-5-8-16(10-14)13(20)15(3)11(2)9-17/h11,17H,4-10H2,1-3H3,(H,18,19). The van der Waals surface area contributed by atoms with E-state index in [2.05, 4.69) is 0 Å². The highest BCUT2D eigenvalue weighted by atomic mass is 16.4. The van der Waals surface area contributed by atoms with E-state index in [1.54, 1.807) is 18.9 Å². The summed E-state index contributed by atoms with van der Waals surface area (Å²) in [5.41, 5.74) is -0.814. The van der Waals surface area contributed by atoms with Crippen molar-refractivity contribution in [1.29, 1.82) is 0 Å². The molecule has 0 saturated carbocycles. The third-order valence-electron chi connectivity index (χ3n) is 4.26. The van der Waals surface area contributed by atoms with E-state index in [9.17, 15) is 14.7 Å². The Balaban J connectivity index is 2.82. The van der Waals surface area contributed by atoms with Gasteiger partial charge in [-0.05, 0) is 26.2 Å². The van der Waals surface area contributed by atoms with E-state index < -0.39 is 11.4 Å². The van der Waals surface area contributed by atoms with E-state index in [0.29, 0.717) is 25.8 Å². The number of carboxylic acids is 1. The summed E-state index contributed by atoms with van der Waals surface area (Å²) >= 11 is 0. The van der Waals surface area contributed by atoms with E-state index in [4.69, 9.17) is 5.11 Å². The Morgan fingerprint density at radius 1 is 1.45 bits per heavy atom. The highest BCUT2D eigenvalue weighted by Crippen LogP contribution is 2.35. The van der Waals surface area contributed by atoms with Crippen molar-refractivity contribution in [2.45, 2.75) is 45.6 Å². The van der Waals surface area contributed by atoms with Crippen LogP contribution >= 0.6 is 0 Å². The number of amides is 2. The molecule has 1 rings (SSSR count). The third-order valence-corrected chi connectivity index (χ3v) is 4.26. The Bertz CT molecular complexity index is 357. The van der Waals surface area contributed by atoms with Crippen LogP contribution in [0.2, 0.25) is 0 Å². The molecule has 2 atom stereocenters. The molecule has 2 unspecified atom stereocenters. The summed E-state index contributed by atoms with van der Waals surface area (Å²) in [4.78, 5) is 27.1. The number of carbonyl (C=O) groups excluding carboxylic acids is 1. The smallest absolute Gasteiger partial charge is 0.320 e.